The lowest BCUT2D eigenvalue weighted by Gasteiger charge is -2.05. The summed E-state index contributed by atoms with van der Waals surface area (Å²) in [5, 5.41) is 0. The Kier molecular flexibility index (Phi) is 11.7. The fourth-order valence-corrected chi connectivity index (χ4v) is 2.39. The molecule has 0 amide bonds. The van der Waals surface area contributed by atoms with Gasteiger partial charge in [-0.2, -0.15) is 11.8 Å². The van der Waals surface area contributed by atoms with E-state index in [1.165, 1.54) is 38.5 Å². The van der Waals surface area contributed by atoms with Crippen LogP contribution in [-0.2, 0) is 9.53 Å². The van der Waals surface area contributed by atoms with Gasteiger partial charge in [0, 0.05) is 11.3 Å². The molecule has 0 N–H and O–H groups in total. The van der Waals surface area contributed by atoms with Crippen molar-refractivity contribution < 1.29 is 9.53 Å². The lowest BCUT2D eigenvalue weighted by molar-refractivity contribution is -0.138. The minimum atomic E-state index is -0.247. The van der Waals surface area contributed by atoms with Crippen molar-refractivity contribution in [3.05, 3.63) is 12.2 Å². The number of rotatable bonds is 11. The van der Waals surface area contributed by atoms with Crippen LogP contribution in [0.1, 0.15) is 52.4 Å². The third-order valence-electron chi connectivity index (χ3n) is 2.48. The van der Waals surface area contributed by atoms with Gasteiger partial charge in [-0.05, 0) is 19.1 Å². The first kappa shape index (κ1) is 16.6. The zero-order valence-corrected chi connectivity index (χ0v) is 12.1. The topological polar surface area (TPSA) is 26.3 Å². The fourth-order valence-electron chi connectivity index (χ4n) is 1.47. The SMILES string of the molecule is C=C(CSCCCCCCCC)C(=O)OCC. The fraction of sp³-hybridized carbons (Fsp3) is 0.786. The molecule has 17 heavy (non-hydrogen) atoms. The van der Waals surface area contributed by atoms with E-state index in [-0.39, 0.29) is 5.97 Å². The molecule has 0 radical (unpaired) electrons. The highest BCUT2D eigenvalue weighted by Crippen LogP contribution is 2.12. The molecule has 0 saturated carbocycles. The largest absolute Gasteiger partial charge is 0.463 e. The average molecular weight is 258 g/mol. The first-order valence-electron chi connectivity index (χ1n) is 6.65. The molecule has 3 heteroatoms. The standard InChI is InChI=1S/C14H26O2S/c1-4-6-7-8-9-10-11-17-12-13(3)14(15)16-5-2/h3-12H2,1-2H3. The molecule has 0 aromatic heterocycles. The smallest absolute Gasteiger partial charge is 0.334 e. The lowest BCUT2D eigenvalue weighted by Crippen LogP contribution is -2.08. The van der Waals surface area contributed by atoms with Gasteiger partial charge in [0.05, 0.1) is 6.61 Å². The molecule has 0 rings (SSSR count). The molecule has 0 aliphatic heterocycles. The number of ether oxygens (including phenoxy) is 1. The van der Waals surface area contributed by atoms with Gasteiger partial charge >= 0.3 is 5.97 Å². The normalized spacial score (nSPS) is 10.2. The summed E-state index contributed by atoms with van der Waals surface area (Å²) in [6, 6.07) is 0. The van der Waals surface area contributed by atoms with Crippen LogP contribution in [0.25, 0.3) is 0 Å². The van der Waals surface area contributed by atoms with Crippen LogP contribution in [0.5, 0.6) is 0 Å². The van der Waals surface area contributed by atoms with Gasteiger partial charge in [-0.15, -0.1) is 0 Å². The van der Waals surface area contributed by atoms with Crippen molar-refractivity contribution in [2.45, 2.75) is 52.4 Å². The zero-order chi connectivity index (χ0) is 12.9. The van der Waals surface area contributed by atoms with Gasteiger partial charge in [-0.1, -0.05) is 45.6 Å². The Balaban J connectivity index is 3.27. The van der Waals surface area contributed by atoms with Crippen LogP contribution >= 0.6 is 11.8 Å². The number of hydrogen-bond donors (Lipinski definition) is 0. The second-order valence-corrected chi connectivity index (χ2v) is 5.25. The third kappa shape index (κ3) is 10.4. The van der Waals surface area contributed by atoms with Crippen molar-refractivity contribution in [1.29, 1.82) is 0 Å². The van der Waals surface area contributed by atoms with E-state index in [0.29, 0.717) is 17.9 Å². The maximum absolute atomic E-state index is 11.2. The maximum atomic E-state index is 11.2. The highest BCUT2D eigenvalue weighted by atomic mass is 32.2. The molecule has 0 spiro atoms. The van der Waals surface area contributed by atoms with E-state index in [2.05, 4.69) is 13.5 Å². The minimum Gasteiger partial charge on any atom is -0.463 e. The summed E-state index contributed by atoms with van der Waals surface area (Å²) in [4.78, 5) is 11.2. The first-order chi connectivity index (χ1) is 8.22. The summed E-state index contributed by atoms with van der Waals surface area (Å²) in [7, 11) is 0. The van der Waals surface area contributed by atoms with E-state index < -0.39 is 0 Å². The molecule has 0 bridgehead atoms. The highest BCUT2D eigenvalue weighted by molar-refractivity contribution is 7.99. The minimum absolute atomic E-state index is 0.247. The predicted molar refractivity (Wildman–Crippen MR) is 76.5 cm³/mol. The molecular formula is C14H26O2S. The molecule has 0 saturated heterocycles. The van der Waals surface area contributed by atoms with E-state index >= 15 is 0 Å². The van der Waals surface area contributed by atoms with E-state index in [9.17, 15) is 4.79 Å². The molecule has 0 aromatic carbocycles. The molecule has 0 unspecified atom stereocenters. The van der Waals surface area contributed by atoms with Crippen LogP contribution in [0.4, 0.5) is 0 Å². The lowest BCUT2D eigenvalue weighted by atomic mass is 10.1. The molecule has 0 heterocycles. The quantitative estimate of drug-likeness (QED) is 0.316. The van der Waals surface area contributed by atoms with Crippen LogP contribution in [-0.4, -0.2) is 24.1 Å². The zero-order valence-electron chi connectivity index (χ0n) is 11.3. The van der Waals surface area contributed by atoms with Crippen LogP contribution in [0.2, 0.25) is 0 Å². The van der Waals surface area contributed by atoms with Gasteiger partial charge in [-0.25, -0.2) is 4.79 Å². The van der Waals surface area contributed by atoms with Gasteiger partial charge in [-0.3, -0.25) is 0 Å². The number of unbranched alkanes of at least 4 members (excludes halogenated alkanes) is 5. The van der Waals surface area contributed by atoms with Gasteiger partial charge in [0.2, 0.25) is 0 Å². The molecule has 2 nitrogen and oxygen atoms in total. The number of hydrogen-bond acceptors (Lipinski definition) is 3. The molecule has 0 atom stereocenters. The summed E-state index contributed by atoms with van der Waals surface area (Å²) in [5.74, 6) is 1.57. The van der Waals surface area contributed by atoms with E-state index in [1.54, 1.807) is 11.8 Å². The summed E-state index contributed by atoms with van der Waals surface area (Å²) in [6.07, 6.45) is 7.90. The van der Waals surface area contributed by atoms with Gasteiger partial charge in [0.15, 0.2) is 0 Å². The van der Waals surface area contributed by atoms with Crippen molar-refractivity contribution in [3.8, 4) is 0 Å². The Morgan fingerprint density at radius 1 is 1.12 bits per heavy atom. The molecule has 100 valence electrons. The van der Waals surface area contributed by atoms with Crippen LogP contribution in [0.15, 0.2) is 12.2 Å². The number of esters is 1. The first-order valence-corrected chi connectivity index (χ1v) is 7.80. The Labute approximate surface area is 110 Å². The second-order valence-electron chi connectivity index (χ2n) is 4.14. The van der Waals surface area contributed by atoms with E-state index in [0.717, 1.165) is 5.75 Å². The van der Waals surface area contributed by atoms with Gasteiger partial charge < -0.3 is 4.74 Å². The molecule has 0 fully saturated rings. The number of carbonyl (C=O) groups is 1. The number of carbonyl (C=O) groups excluding carboxylic acids is 1. The summed E-state index contributed by atoms with van der Waals surface area (Å²) < 4.78 is 4.87. The molecule has 0 aliphatic rings. The monoisotopic (exact) mass is 258 g/mol. The Morgan fingerprint density at radius 3 is 2.41 bits per heavy atom. The molecular weight excluding hydrogens is 232 g/mol. The maximum Gasteiger partial charge on any atom is 0.334 e. The van der Waals surface area contributed by atoms with Crippen LogP contribution in [0.3, 0.4) is 0 Å². The summed E-state index contributed by atoms with van der Waals surface area (Å²) in [5.41, 5.74) is 0.586. The van der Waals surface area contributed by atoms with Crippen LogP contribution < -0.4 is 0 Å². The van der Waals surface area contributed by atoms with Crippen molar-refractivity contribution >= 4 is 17.7 Å². The van der Waals surface area contributed by atoms with Gasteiger partial charge in [0.1, 0.15) is 0 Å². The number of thioether (sulfide) groups is 1. The summed E-state index contributed by atoms with van der Waals surface area (Å²) >= 11 is 1.78. The van der Waals surface area contributed by atoms with Crippen molar-refractivity contribution in [3.63, 3.8) is 0 Å². The van der Waals surface area contributed by atoms with Crippen molar-refractivity contribution in [2.75, 3.05) is 18.1 Å². The van der Waals surface area contributed by atoms with E-state index in [4.69, 9.17) is 4.74 Å². The third-order valence-corrected chi connectivity index (χ3v) is 3.61. The van der Waals surface area contributed by atoms with E-state index in [1.807, 2.05) is 6.92 Å². The molecule has 0 aromatic rings. The van der Waals surface area contributed by atoms with Crippen molar-refractivity contribution in [2.24, 2.45) is 0 Å². The Morgan fingerprint density at radius 2 is 1.76 bits per heavy atom. The second kappa shape index (κ2) is 12.0. The van der Waals surface area contributed by atoms with Gasteiger partial charge in [0.25, 0.3) is 0 Å². The highest BCUT2D eigenvalue weighted by Gasteiger charge is 2.06. The Hall–Kier alpha value is -0.440. The van der Waals surface area contributed by atoms with Crippen molar-refractivity contribution in [1.82, 2.24) is 0 Å². The average Bonchev–Trinajstić information content (AvgIpc) is 2.32. The Bertz CT molecular complexity index is 214. The predicted octanol–water partition coefficient (Wildman–Crippen LogP) is 4.20. The summed E-state index contributed by atoms with van der Waals surface area (Å²) in [6.45, 7) is 8.21. The molecule has 0 aliphatic carbocycles. The van der Waals surface area contributed by atoms with Crippen LogP contribution in [0, 0.1) is 0 Å².